The van der Waals surface area contributed by atoms with Crippen LogP contribution < -0.4 is 10.0 Å². The summed E-state index contributed by atoms with van der Waals surface area (Å²) in [6.07, 6.45) is 4.10. The van der Waals surface area contributed by atoms with Crippen LogP contribution in [0.4, 0.5) is 0 Å². The summed E-state index contributed by atoms with van der Waals surface area (Å²) in [5.74, 6) is 0.782. The molecular weight excluding hydrogens is 224 g/mol. The highest BCUT2D eigenvalue weighted by Crippen LogP contribution is 2.18. The summed E-state index contributed by atoms with van der Waals surface area (Å²) in [7, 11) is -3.04. The predicted octanol–water partition coefficient (Wildman–Crippen LogP) is 1.09. The van der Waals surface area contributed by atoms with E-state index in [2.05, 4.69) is 23.9 Å². The fourth-order valence-corrected chi connectivity index (χ4v) is 2.53. The van der Waals surface area contributed by atoms with Gasteiger partial charge in [0.15, 0.2) is 0 Å². The van der Waals surface area contributed by atoms with E-state index in [1.807, 2.05) is 0 Å². The van der Waals surface area contributed by atoms with E-state index in [4.69, 9.17) is 0 Å². The summed E-state index contributed by atoms with van der Waals surface area (Å²) in [4.78, 5) is 0. The molecule has 0 atom stereocenters. The van der Waals surface area contributed by atoms with Crippen LogP contribution in [0.1, 0.15) is 39.5 Å². The van der Waals surface area contributed by atoms with Crippen molar-refractivity contribution in [2.75, 3.05) is 18.8 Å². The zero-order chi connectivity index (χ0) is 12.0. The number of nitrogens with one attached hydrogen (secondary N) is 2. The van der Waals surface area contributed by atoms with Crippen molar-refractivity contribution in [3.8, 4) is 0 Å². The normalized spacial score (nSPS) is 16.9. The standard InChI is InChI=1S/C11H24N2O2S/c1-10(2)6-8-13-16(14,15)9-3-7-12-11-4-5-11/h10-13H,3-9H2,1-2H3. The van der Waals surface area contributed by atoms with Gasteiger partial charge in [-0.1, -0.05) is 13.8 Å². The van der Waals surface area contributed by atoms with Crippen molar-refractivity contribution < 1.29 is 8.42 Å². The van der Waals surface area contributed by atoms with Gasteiger partial charge in [-0.15, -0.1) is 0 Å². The van der Waals surface area contributed by atoms with Gasteiger partial charge < -0.3 is 5.32 Å². The van der Waals surface area contributed by atoms with Crippen LogP contribution >= 0.6 is 0 Å². The molecule has 0 saturated heterocycles. The highest BCUT2D eigenvalue weighted by molar-refractivity contribution is 7.89. The Kier molecular flexibility index (Phi) is 5.72. The van der Waals surface area contributed by atoms with Gasteiger partial charge in [0.1, 0.15) is 0 Å². The maximum Gasteiger partial charge on any atom is 0.211 e. The molecule has 0 aromatic heterocycles. The van der Waals surface area contributed by atoms with Crippen molar-refractivity contribution in [3.63, 3.8) is 0 Å². The van der Waals surface area contributed by atoms with Gasteiger partial charge in [0.2, 0.25) is 10.0 Å². The number of sulfonamides is 1. The third kappa shape index (κ3) is 7.19. The molecule has 0 unspecified atom stereocenters. The van der Waals surface area contributed by atoms with E-state index >= 15 is 0 Å². The van der Waals surface area contributed by atoms with Crippen molar-refractivity contribution in [1.82, 2.24) is 10.0 Å². The second kappa shape index (κ2) is 6.57. The summed E-state index contributed by atoms with van der Waals surface area (Å²) in [6.45, 7) is 5.56. The predicted molar refractivity (Wildman–Crippen MR) is 66.9 cm³/mol. The molecule has 2 N–H and O–H groups in total. The van der Waals surface area contributed by atoms with Crippen molar-refractivity contribution in [3.05, 3.63) is 0 Å². The lowest BCUT2D eigenvalue weighted by Gasteiger charge is -2.08. The van der Waals surface area contributed by atoms with Crippen molar-refractivity contribution in [2.45, 2.75) is 45.6 Å². The smallest absolute Gasteiger partial charge is 0.211 e. The monoisotopic (exact) mass is 248 g/mol. The molecule has 0 aromatic rings. The van der Waals surface area contributed by atoms with Crippen molar-refractivity contribution in [1.29, 1.82) is 0 Å². The Morgan fingerprint density at radius 3 is 2.50 bits per heavy atom. The van der Waals surface area contributed by atoms with Crippen molar-refractivity contribution in [2.24, 2.45) is 5.92 Å². The van der Waals surface area contributed by atoms with Crippen LogP contribution in [0, 0.1) is 5.92 Å². The molecule has 1 aliphatic rings. The molecule has 0 heterocycles. The molecule has 1 rings (SSSR count). The minimum atomic E-state index is -3.04. The van der Waals surface area contributed by atoms with Crippen LogP contribution in [-0.4, -0.2) is 33.3 Å². The van der Waals surface area contributed by atoms with Gasteiger partial charge in [-0.05, 0) is 38.1 Å². The highest BCUT2D eigenvalue weighted by atomic mass is 32.2. The summed E-state index contributed by atoms with van der Waals surface area (Å²) in [5, 5.41) is 3.31. The molecule has 0 aliphatic heterocycles. The molecule has 0 bridgehead atoms. The first-order chi connectivity index (χ1) is 7.49. The van der Waals surface area contributed by atoms with E-state index in [1.165, 1.54) is 12.8 Å². The first kappa shape index (κ1) is 13.9. The van der Waals surface area contributed by atoms with Gasteiger partial charge in [0, 0.05) is 12.6 Å². The lowest BCUT2D eigenvalue weighted by atomic mass is 10.1. The topological polar surface area (TPSA) is 58.2 Å². The molecule has 96 valence electrons. The maximum absolute atomic E-state index is 11.5. The summed E-state index contributed by atoms with van der Waals surface area (Å²) >= 11 is 0. The van der Waals surface area contributed by atoms with Crippen LogP contribution in [0.2, 0.25) is 0 Å². The first-order valence-electron chi connectivity index (χ1n) is 6.20. The maximum atomic E-state index is 11.5. The molecule has 1 fully saturated rings. The van der Waals surface area contributed by atoms with E-state index in [0.29, 0.717) is 24.9 Å². The van der Waals surface area contributed by atoms with Gasteiger partial charge in [0.05, 0.1) is 5.75 Å². The molecule has 0 spiro atoms. The molecule has 4 nitrogen and oxygen atoms in total. The van der Waals surface area contributed by atoms with Gasteiger partial charge in [-0.25, -0.2) is 13.1 Å². The van der Waals surface area contributed by atoms with E-state index in [0.717, 1.165) is 13.0 Å². The summed E-state index contributed by atoms with van der Waals surface area (Å²) in [6, 6.07) is 0.664. The largest absolute Gasteiger partial charge is 0.314 e. The molecule has 0 amide bonds. The van der Waals surface area contributed by atoms with Crippen LogP contribution in [0.3, 0.4) is 0 Å². The lowest BCUT2D eigenvalue weighted by Crippen LogP contribution is -2.30. The Morgan fingerprint density at radius 2 is 1.94 bits per heavy atom. The van der Waals surface area contributed by atoms with E-state index in [-0.39, 0.29) is 5.75 Å². The Morgan fingerprint density at radius 1 is 1.25 bits per heavy atom. The molecule has 0 radical (unpaired) electrons. The lowest BCUT2D eigenvalue weighted by molar-refractivity contribution is 0.548. The summed E-state index contributed by atoms with van der Waals surface area (Å²) in [5.41, 5.74) is 0. The molecule has 16 heavy (non-hydrogen) atoms. The SMILES string of the molecule is CC(C)CCNS(=O)(=O)CCCNC1CC1. The second-order valence-electron chi connectivity index (χ2n) is 4.98. The minimum Gasteiger partial charge on any atom is -0.314 e. The van der Waals surface area contributed by atoms with E-state index in [1.54, 1.807) is 0 Å². The minimum absolute atomic E-state index is 0.241. The Hall–Kier alpha value is -0.130. The second-order valence-corrected chi connectivity index (χ2v) is 6.90. The van der Waals surface area contributed by atoms with Crippen molar-refractivity contribution >= 4 is 10.0 Å². The number of hydrogen-bond donors (Lipinski definition) is 2. The quantitative estimate of drug-likeness (QED) is 0.601. The zero-order valence-electron chi connectivity index (χ0n) is 10.3. The Balaban J connectivity index is 2.02. The fraction of sp³-hybridized carbons (Fsp3) is 1.00. The fourth-order valence-electron chi connectivity index (χ4n) is 1.43. The van der Waals surface area contributed by atoms with E-state index in [9.17, 15) is 8.42 Å². The Bertz CT molecular complexity index is 284. The third-order valence-corrected chi connectivity index (χ3v) is 4.11. The molecular formula is C11H24N2O2S. The van der Waals surface area contributed by atoms with Crippen LogP contribution in [-0.2, 0) is 10.0 Å². The van der Waals surface area contributed by atoms with Gasteiger partial charge in [0.25, 0.3) is 0 Å². The van der Waals surface area contributed by atoms with Crippen LogP contribution in [0.5, 0.6) is 0 Å². The zero-order valence-corrected chi connectivity index (χ0v) is 11.1. The molecule has 0 aromatic carbocycles. The van der Waals surface area contributed by atoms with Gasteiger partial charge in [-0.3, -0.25) is 0 Å². The number of rotatable bonds is 9. The van der Waals surface area contributed by atoms with Crippen LogP contribution in [0.25, 0.3) is 0 Å². The molecule has 1 aliphatic carbocycles. The molecule has 1 saturated carbocycles. The Labute approximate surface area is 99.2 Å². The van der Waals surface area contributed by atoms with E-state index < -0.39 is 10.0 Å². The number of hydrogen-bond acceptors (Lipinski definition) is 3. The highest BCUT2D eigenvalue weighted by Gasteiger charge is 2.20. The van der Waals surface area contributed by atoms with Crippen LogP contribution in [0.15, 0.2) is 0 Å². The first-order valence-corrected chi connectivity index (χ1v) is 7.85. The average Bonchev–Trinajstić information content (AvgIpc) is 2.95. The molecule has 5 heteroatoms. The van der Waals surface area contributed by atoms with Gasteiger partial charge >= 0.3 is 0 Å². The average molecular weight is 248 g/mol. The van der Waals surface area contributed by atoms with Gasteiger partial charge in [-0.2, -0.15) is 0 Å². The summed E-state index contributed by atoms with van der Waals surface area (Å²) < 4.78 is 25.7. The third-order valence-electron chi connectivity index (χ3n) is 2.64.